The Labute approximate surface area is 139 Å². The molecule has 2 saturated heterocycles. The van der Waals surface area contributed by atoms with Crippen LogP contribution >= 0.6 is 0 Å². The summed E-state index contributed by atoms with van der Waals surface area (Å²) in [6, 6.07) is 5.45. The number of carbonyl (C=O) groups excluding carboxylic acids is 2. The summed E-state index contributed by atoms with van der Waals surface area (Å²) in [6.07, 6.45) is 5.04. The first-order valence-electron chi connectivity index (χ1n) is 8.09. The number of pyridine rings is 1. The van der Waals surface area contributed by atoms with E-state index in [2.05, 4.69) is 15.3 Å². The molecule has 2 aromatic heterocycles. The van der Waals surface area contributed by atoms with Crippen LogP contribution in [0, 0.1) is 0 Å². The summed E-state index contributed by atoms with van der Waals surface area (Å²) in [7, 11) is 0. The number of likely N-dealkylation sites (tertiary alicyclic amines) is 2. The van der Waals surface area contributed by atoms with E-state index in [0.717, 1.165) is 18.7 Å². The summed E-state index contributed by atoms with van der Waals surface area (Å²) in [6.45, 7) is 2.51. The molecule has 2 aromatic rings. The van der Waals surface area contributed by atoms with Crippen LogP contribution in [0.2, 0.25) is 0 Å². The van der Waals surface area contributed by atoms with E-state index in [1.807, 2.05) is 11.1 Å². The molecule has 2 aliphatic rings. The second kappa shape index (κ2) is 6.03. The van der Waals surface area contributed by atoms with Gasteiger partial charge >= 0.3 is 0 Å². The Bertz CT molecular complexity index is 753. The third kappa shape index (κ3) is 2.75. The Balaban J connectivity index is 1.34. The normalized spacial score (nSPS) is 18.1. The van der Waals surface area contributed by atoms with E-state index >= 15 is 0 Å². The second-order valence-electron chi connectivity index (χ2n) is 6.19. The molecule has 4 rings (SSSR count). The van der Waals surface area contributed by atoms with Gasteiger partial charge in [0, 0.05) is 32.3 Å². The van der Waals surface area contributed by atoms with Crippen molar-refractivity contribution in [2.24, 2.45) is 0 Å². The predicted molar refractivity (Wildman–Crippen MR) is 83.9 cm³/mol. The van der Waals surface area contributed by atoms with Crippen LogP contribution in [0.1, 0.15) is 35.1 Å². The van der Waals surface area contributed by atoms with Gasteiger partial charge < -0.3 is 9.80 Å². The van der Waals surface area contributed by atoms with Crippen molar-refractivity contribution in [1.29, 1.82) is 0 Å². The molecule has 8 nitrogen and oxygen atoms in total. The van der Waals surface area contributed by atoms with Gasteiger partial charge in [0.05, 0.1) is 18.8 Å². The zero-order valence-electron chi connectivity index (χ0n) is 13.2. The van der Waals surface area contributed by atoms with Gasteiger partial charge in [-0.05, 0) is 18.6 Å². The lowest BCUT2D eigenvalue weighted by molar-refractivity contribution is -0.128. The second-order valence-corrected chi connectivity index (χ2v) is 6.19. The number of hydrogen-bond acceptors (Lipinski definition) is 5. The first-order valence-corrected chi connectivity index (χ1v) is 8.09. The zero-order valence-corrected chi connectivity index (χ0v) is 13.2. The smallest absolute Gasteiger partial charge is 0.272 e. The summed E-state index contributed by atoms with van der Waals surface area (Å²) in [5.41, 5.74) is 1.25. The van der Waals surface area contributed by atoms with Gasteiger partial charge in [0.2, 0.25) is 5.91 Å². The Morgan fingerprint density at radius 2 is 2.17 bits per heavy atom. The highest BCUT2D eigenvalue weighted by Gasteiger charge is 2.34. The highest BCUT2D eigenvalue weighted by Crippen LogP contribution is 2.22. The summed E-state index contributed by atoms with van der Waals surface area (Å²) in [5, 5.41) is 8.30. The fourth-order valence-electron chi connectivity index (χ4n) is 3.07. The summed E-state index contributed by atoms with van der Waals surface area (Å²) in [4.78, 5) is 31.6. The van der Waals surface area contributed by atoms with E-state index in [1.54, 1.807) is 34.0 Å². The van der Waals surface area contributed by atoms with Crippen LogP contribution in [-0.2, 0) is 11.3 Å². The maximum atomic E-state index is 12.2. The zero-order chi connectivity index (χ0) is 16.5. The Hall–Kier alpha value is -2.77. The lowest BCUT2D eigenvalue weighted by Crippen LogP contribution is -2.51. The molecule has 0 saturated carbocycles. The van der Waals surface area contributed by atoms with Gasteiger partial charge in [-0.15, -0.1) is 5.10 Å². The van der Waals surface area contributed by atoms with Gasteiger partial charge in [-0.25, -0.2) is 4.68 Å². The molecule has 0 aromatic carbocycles. The Kier molecular flexibility index (Phi) is 3.72. The van der Waals surface area contributed by atoms with Crippen LogP contribution in [-0.4, -0.2) is 61.2 Å². The minimum atomic E-state index is -0.0603. The van der Waals surface area contributed by atoms with Crippen LogP contribution in [0.5, 0.6) is 0 Å². The molecular formula is C16H18N6O2. The molecule has 0 bridgehead atoms. The van der Waals surface area contributed by atoms with Gasteiger partial charge in [-0.3, -0.25) is 14.6 Å². The number of aromatic nitrogens is 4. The molecule has 0 aliphatic carbocycles. The summed E-state index contributed by atoms with van der Waals surface area (Å²) in [5.74, 6) is 0.121. The van der Waals surface area contributed by atoms with Crippen molar-refractivity contribution in [1.82, 2.24) is 29.8 Å². The molecule has 0 radical (unpaired) electrons. The van der Waals surface area contributed by atoms with Crippen LogP contribution in [0.3, 0.4) is 0 Å². The minimum absolute atomic E-state index is 0.0603. The first kappa shape index (κ1) is 14.8. The van der Waals surface area contributed by atoms with Crippen LogP contribution < -0.4 is 0 Å². The topological polar surface area (TPSA) is 84.2 Å². The molecular weight excluding hydrogens is 308 g/mol. The molecule has 0 unspecified atom stereocenters. The monoisotopic (exact) mass is 326 g/mol. The molecule has 2 fully saturated rings. The number of rotatable bonds is 4. The van der Waals surface area contributed by atoms with Gasteiger partial charge in [-0.1, -0.05) is 11.3 Å². The van der Waals surface area contributed by atoms with Crippen LogP contribution in [0.25, 0.3) is 0 Å². The summed E-state index contributed by atoms with van der Waals surface area (Å²) >= 11 is 0. The average Bonchev–Trinajstić information content (AvgIpc) is 3.17. The van der Waals surface area contributed by atoms with Crippen molar-refractivity contribution >= 4 is 11.8 Å². The van der Waals surface area contributed by atoms with Gasteiger partial charge in [0.15, 0.2) is 0 Å². The van der Waals surface area contributed by atoms with E-state index in [1.165, 1.54) is 0 Å². The third-order valence-corrected chi connectivity index (χ3v) is 4.49. The fourth-order valence-corrected chi connectivity index (χ4v) is 3.07. The van der Waals surface area contributed by atoms with Gasteiger partial charge in [0.25, 0.3) is 5.91 Å². The molecule has 24 heavy (non-hydrogen) atoms. The molecule has 2 amide bonds. The maximum Gasteiger partial charge on any atom is 0.272 e. The number of nitrogens with zero attached hydrogens (tertiary/aromatic N) is 6. The van der Waals surface area contributed by atoms with E-state index in [-0.39, 0.29) is 17.9 Å². The predicted octanol–water partition coefficient (Wildman–Crippen LogP) is 0.493. The van der Waals surface area contributed by atoms with Gasteiger partial charge in [0.1, 0.15) is 11.4 Å². The highest BCUT2D eigenvalue weighted by atomic mass is 16.2. The molecule has 124 valence electrons. The van der Waals surface area contributed by atoms with Crippen molar-refractivity contribution in [2.45, 2.75) is 25.4 Å². The Morgan fingerprint density at radius 1 is 1.29 bits per heavy atom. The molecule has 0 N–H and O–H groups in total. The quantitative estimate of drug-likeness (QED) is 0.816. The SMILES string of the molecule is O=C1CCCN1Cc1cn(C2CN(C(=O)c3ccccn3)C2)nn1. The first-order chi connectivity index (χ1) is 11.7. The third-order valence-electron chi connectivity index (χ3n) is 4.49. The van der Waals surface area contributed by atoms with E-state index in [9.17, 15) is 9.59 Å². The fraction of sp³-hybridized carbons (Fsp3) is 0.438. The van der Waals surface area contributed by atoms with Crippen molar-refractivity contribution < 1.29 is 9.59 Å². The standard InChI is InChI=1S/C16H18N6O2/c23-15-5-3-7-20(15)8-12-9-22(19-18-12)13-10-21(11-13)16(24)14-4-1-2-6-17-14/h1-2,4,6,9,13H,3,5,7-8,10-11H2. The van der Waals surface area contributed by atoms with Gasteiger partial charge in [-0.2, -0.15) is 0 Å². The average molecular weight is 326 g/mol. The molecule has 8 heteroatoms. The largest absolute Gasteiger partial charge is 0.337 e. The molecule has 2 aliphatic heterocycles. The lowest BCUT2D eigenvalue weighted by atomic mass is 10.1. The van der Waals surface area contributed by atoms with Crippen LogP contribution in [0.15, 0.2) is 30.6 Å². The Morgan fingerprint density at radius 3 is 2.88 bits per heavy atom. The summed E-state index contributed by atoms with van der Waals surface area (Å²) < 4.78 is 1.79. The van der Waals surface area contributed by atoms with Crippen molar-refractivity contribution in [3.8, 4) is 0 Å². The minimum Gasteiger partial charge on any atom is -0.337 e. The van der Waals surface area contributed by atoms with Crippen molar-refractivity contribution in [3.63, 3.8) is 0 Å². The number of hydrogen-bond donors (Lipinski definition) is 0. The molecule has 4 heterocycles. The van der Waals surface area contributed by atoms with E-state index in [0.29, 0.717) is 31.7 Å². The highest BCUT2D eigenvalue weighted by molar-refractivity contribution is 5.92. The van der Waals surface area contributed by atoms with Crippen molar-refractivity contribution in [2.75, 3.05) is 19.6 Å². The number of carbonyl (C=O) groups is 2. The maximum absolute atomic E-state index is 12.2. The van der Waals surface area contributed by atoms with E-state index in [4.69, 9.17) is 0 Å². The lowest BCUT2D eigenvalue weighted by Gasteiger charge is -2.38. The molecule has 0 spiro atoms. The van der Waals surface area contributed by atoms with E-state index < -0.39 is 0 Å². The van der Waals surface area contributed by atoms with Crippen LogP contribution in [0.4, 0.5) is 0 Å². The number of amides is 2. The van der Waals surface area contributed by atoms with Crippen molar-refractivity contribution in [3.05, 3.63) is 42.0 Å². The molecule has 0 atom stereocenters.